The maximum atomic E-state index is 12.3. The quantitative estimate of drug-likeness (QED) is 0.717. The largest absolute Gasteiger partial charge is 0.493 e. The van der Waals surface area contributed by atoms with Gasteiger partial charge in [0.1, 0.15) is 0 Å². The molecule has 1 N–H and O–H groups in total. The smallest absolute Gasteiger partial charge is 0.338 e. The Morgan fingerprint density at radius 2 is 1.56 bits per heavy atom. The van der Waals surface area contributed by atoms with E-state index in [9.17, 15) is 9.59 Å². The number of rotatable bonds is 8. The van der Waals surface area contributed by atoms with Gasteiger partial charge in [-0.1, -0.05) is 30.3 Å². The Morgan fingerprint density at radius 3 is 2.07 bits per heavy atom. The molecule has 2 aromatic rings. The first-order valence-corrected chi connectivity index (χ1v) is 8.31. The Labute approximate surface area is 158 Å². The number of methoxy groups -OCH3 is 3. The lowest BCUT2D eigenvalue weighted by Gasteiger charge is -2.15. The minimum Gasteiger partial charge on any atom is -0.493 e. The summed E-state index contributed by atoms with van der Waals surface area (Å²) in [5.41, 5.74) is 1.15. The molecule has 0 fully saturated rings. The third-order valence-electron chi connectivity index (χ3n) is 3.91. The second-order valence-electron chi connectivity index (χ2n) is 5.69. The molecular weight excluding hydrogens is 350 g/mol. The summed E-state index contributed by atoms with van der Waals surface area (Å²) in [6, 6.07) is 12.2. The molecule has 0 spiro atoms. The molecule has 144 valence electrons. The molecule has 0 bridgehead atoms. The average molecular weight is 373 g/mol. The van der Waals surface area contributed by atoms with Crippen LogP contribution < -0.4 is 19.5 Å². The molecule has 0 aromatic heterocycles. The van der Waals surface area contributed by atoms with Crippen molar-refractivity contribution < 1.29 is 28.5 Å². The number of benzene rings is 2. The van der Waals surface area contributed by atoms with Crippen LogP contribution in [0.1, 0.15) is 28.9 Å². The fourth-order valence-electron chi connectivity index (χ4n) is 2.52. The topological polar surface area (TPSA) is 83.1 Å². The van der Waals surface area contributed by atoms with E-state index in [1.807, 2.05) is 37.3 Å². The monoisotopic (exact) mass is 373 g/mol. The summed E-state index contributed by atoms with van der Waals surface area (Å²) in [6.07, 6.45) is 0. The van der Waals surface area contributed by atoms with Gasteiger partial charge in [0.05, 0.1) is 32.9 Å². The molecule has 0 aliphatic carbocycles. The van der Waals surface area contributed by atoms with Crippen LogP contribution in [0.15, 0.2) is 42.5 Å². The second-order valence-corrected chi connectivity index (χ2v) is 5.69. The molecule has 2 rings (SSSR count). The van der Waals surface area contributed by atoms with Crippen molar-refractivity contribution in [2.45, 2.75) is 13.0 Å². The van der Waals surface area contributed by atoms with Crippen LogP contribution in [-0.2, 0) is 9.53 Å². The van der Waals surface area contributed by atoms with Crippen LogP contribution in [0.2, 0.25) is 0 Å². The highest BCUT2D eigenvalue weighted by Gasteiger charge is 2.19. The van der Waals surface area contributed by atoms with Gasteiger partial charge in [-0.3, -0.25) is 4.79 Å². The van der Waals surface area contributed by atoms with Crippen molar-refractivity contribution in [3.63, 3.8) is 0 Å². The lowest BCUT2D eigenvalue weighted by atomic mass is 10.1. The lowest BCUT2D eigenvalue weighted by molar-refractivity contribution is -0.124. The third-order valence-corrected chi connectivity index (χ3v) is 3.91. The van der Waals surface area contributed by atoms with E-state index in [2.05, 4.69) is 5.32 Å². The Kier molecular flexibility index (Phi) is 7.05. The van der Waals surface area contributed by atoms with Gasteiger partial charge in [0.25, 0.3) is 5.91 Å². The molecule has 0 saturated heterocycles. The number of hydrogen-bond acceptors (Lipinski definition) is 6. The van der Waals surface area contributed by atoms with Crippen molar-refractivity contribution in [1.29, 1.82) is 0 Å². The predicted molar refractivity (Wildman–Crippen MR) is 99.4 cm³/mol. The van der Waals surface area contributed by atoms with Gasteiger partial charge in [-0.2, -0.15) is 0 Å². The molecule has 1 amide bonds. The van der Waals surface area contributed by atoms with Crippen molar-refractivity contribution in [2.75, 3.05) is 27.9 Å². The molecule has 0 aliphatic heterocycles. The van der Waals surface area contributed by atoms with Crippen molar-refractivity contribution in [3.05, 3.63) is 53.6 Å². The molecule has 0 heterocycles. The van der Waals surface area contributed by atoms with E-state index < -0.39 is 18.5 Å². The van der Waals surface area contributed by atoms with Gasteiger partial charge in [-0.05, 0) is 24.6 Å². The first-order chi connectivity index (χ1) is 13.0. The maximum absolute atomic E-state index is 12.3. The van der Waals surface area contributed by atoms with Gasteiger partial charge in [-0.25, -0.2) is 4.79 Å². The van der Waals surface area contributed by atoms with Crippen molar-refractivity contribution in [3.8, 4) is 17.2 Å². The molecular formula is C20H23NO6. The first-order valence-electron chi connectivity index (χ1n) is 8.31. The number of nitrogens with one attached hydrogen (secondary N) is 1. The fraction of sp³-hybridized carbons (Fsp3) is 0.300. The molecule has 7 heteroatoms. The van der Waals surface area contributed by atoms with Crippen molar-refractivity contribution in [1.82, 2.24) is 5.32 Å². The van der Waals surface area contributed by atoms with Crippen LogP contribution in [0.4, 0.5) is 0 Å². The normalized spacial score (nSPS) is 11.3. The Balaban J connectivity index is 2.00. The summed E-state index contributed by atoms with van der Waals surface area (Å²) in [5, 5.41) is 2.78. The highest BCUT2D eigenvalue weighted by Crippen LogP contribution is 2.38. The number of ether oxygens (including phenoxy) is 4. The Bertz CT molecular complexity index is 765. The zero-order valence-corrected chi connectivity index (χ0v) is 15.8. The second kappa shape index (κ2) is 9.47. The van der Waals surface area contributed by atoms with Gasteiger partial charge < -0.3 is 24.3 Å². The number of carbonyl (C=O) groups excluding carboxylic acids is 2. The van der Waals surface area contributed by atoms with Gasteiger partial charge >= 0.3 is 5.97 Å². The number of carbonyl (C=O) groups is 2. The van der Waals surface area contributed by atoms with Crippen molar-refractivity contribution in [2.24, 2.45) is 0 Å². The molecule has 1 atom stereocenters. The zero-order valence-electron chi connectivity index (χ0n) is 15.8. The lowest BCUT2D eigenvalue weighted by Crippen LogP contribution is -2.31. The molecule has 2 aromatic carbocycles. The van der Waals surface area contributed by atoms with E-state index in [1.54, 1.807) is 0 Å². The maximum Gasteiger partial charge on any atom is 0.338 e. The number of esters is 1. The number of amides is 1. The van der Waals surface area contributed by atoms with Crippen LogP contribution in [0.5, 0.6) is 17.2 Å². The van der Waals surface area contributed by atoms with Crippen LogP contribution in [0.25, 0.3) is 0 Å². The zero-order chi connectivity index (χ0) is 19.8. The summed E-state index contributed by atoms with van der Waals surface area (Å²) in [4.78, 5) is 24.3. The van der Waals surface area contributed by atoms with E-state index in [-0.39, 0.29) is 11.6 Å². The van der Waals surface area contributed by atoms with Gasteiger partial charge in [-0.15, -0.1) is 0 Å². The summed E-state index contributed by atoms with van der Waals surface area (Å²) < 4.78 is 20.7. The molecule has 0 saturated carbocycles. The Morgan fingerprint density at radius 1 is 0.963 bits per heavy atom. The van der Waals surface area contributed by atoms with Crippen LogP contribution in [-0.4, -0.2) is 39.8 Å². The summed E-state index contributed by atoms with van der Waals surface area (Å²) >= 11 is 0. The van der Waals surface area contributed by atoms with E-state index in [1.165, 1.54) is 33.5 Å². The first kappa shape index (κ1) is 20.1. The van der Waals surface area contributed by atoms with E-state index in [0.717, 1.165) is 5.56 Å². The minimum atomic E-state index is -0.670. The van der Waals surface area contributed by atoms with E-state index in [0.29, 0.717) is 17.2 Å². The van der Waals surface area contributed by atoms with Crippen LogP contribution in [0, 0.1) is 0 Å². The Hall–Kier alpha value is -3.22. The van der Waals surface area contributed by atoms with Crippen molar-refractivity contribution >= 4 is 11.9 Å². The SMILES string of the molecule is COc1cc(C(=O)OCC(=O)N[C@H](C)c2ccccc2)cc(OC)c1OC. The van der Waals surface area contributed by atoms with Gasteiger partial charge in [0, 0.05) is 0 Å². The minimum absolute atomic E-state index is 0.188. The van der Waals surface area contributed by atoms with E-state index in [4.69, 9.17) is 18.9 Å². The number of hydrogen-bond donors (Lipinski definition) is 1. The molecule has 27 heavy (non-hydrogen) atoms. The average Bonchev–Trinajstić information content (AvgIpc) is 2.71. The highest BCUT2D eigenvalue weighted by atomic mass is 16.5. The molecule has 0 unspecified atom stereocenters. The highest BCUT2D eigenvalue weighted by molar-refractivity contribution is 5.92. The summed E-state index contributed by atoms with van der Waals surface area (Å²) in [6.45, 7) is 1.46. The van der Waals surface area contributed by atoms with E-state index >= 15 is 0 Å². The fourth-order valence-corrected chi connectivity index (χ4v) is 2.52. The predicted octanol–water partition coefficient (Wildman–Crippen LogP) is 2.75. The molecule has 0 aliphatic rings. The van der Waals surface area contributed by atoms with Crippen LogP contribution in [0.3, 0.4) is 0 Å². The summed E-state index contributed by atoms with van der Waals surface area (Å²) in [5.74, 6) is -0.0493. The van der Waals surface area contributed by atoms with Gasteiger partial charge in [0.15, 0.2) is 18.1 Å². The summed E-state index contributed by atoms with van der Waals surface area (Å²) in [7, 11) is 4.37. The third kappa shape index (κ3) is 5.13. The standard InChI is InChI=1S/C20H23NO6/c1-13(14-8-6-5-7-9-14)21-18(22)12-27-20(23)15-10-16(24-2)19(26-4)17(11-15)25-3/h5-11,13H,12H2,1-4H3,(H,21,22)/t13-/m1/s1. The molecule has 7 nitrogen and oxygen atoms in total. The molecule has 0 radical (unpaired) electrons. The van der Waals surface area contributed by atoms with Crippen LogP contribution >= 0.6 is 0 Å². The van der Waals surface area contributed by atoms with Gasteiger partial charge in [0.2, 0.25) is 5.75 Å².